The van der Waals surface area contributed by atoms with Gasteiger partial charge in [-0.05, 0) is 43.5 Å². The quantitative estimate of drug-likeness (QED) is 0.236. The van der Waals surface area contributed by atoms with Gasteiger partial charge in [-0.15, -0.1) is 24.0 Å². The molecule has 0 aromatic heterocycles. The summed E-state index contributed by atoms with van der Waals surface area (Å²) in [6, 6.07) is 5.78. The Morgan fingerprint density at radius 1 is 1.07 bits per heavy atom. The Labute approximate surface area is 184 Å². The first-order chi connectivity index (χ1) is 12.6. The van der Waals surface area contributed by atoms with Gasteiger partial charge in [0.2, 0.25) is 20.0 Å². The van der Waals surface area contributed by atoms with Crippen molar-refractivity contribution >= 4 is 55.7 Å². The van der Waals surface area contributed by atoms with Crippen LogP contribution in [-0.4, -0.2) is 66.4 Å². The Balaban J connectivity index is 0.00000392. The fourth-order valence-corrected chi connectivity index (χ4v) is 5.82. The van der Waals surface area contributed by atoms with E-state index in [0.29, 0.717) is 28.6 Å². The van der Waals surface area contributed by atoms with Crippen LogP contribution in [0.4, 0.5) is 5.69 Å². The second-order valence-corrected chi connectivity index (χ2v) is 10.2. The molecular formula is C16H27IN4O5S2. The fraction of sp³-hybridized carbons (Fsp3) is 0.562. The number of hydrogen-bond donors (Lipinski definition) is 1. The molecule has 12 heteroatoms. The number of piperidine rings is 1. The molecule has 0 amide bonds. The normalized spacial score (nSPS) is 15.6. The molecule has 160 valence electrons. The van der Waals surface area contributed by atoms with E-state index < -0.39 is 20.0 Å². The van der Waals surface area contributed by atoms with E-state index >= 15 is 0 Å². The van der Waals surface area contributed by atoms with Crippen LogP contribution in [0.3, 0.4) is 0 Å². The van der Waals surface area contributed by atoms with Crippen LogP contribution < -0.4 is 14.2 Å². The molecule has 0 atom stereocenters. The van der Waals surface area contributed by atoms with Gasteiger partial charge in [-0.25, -0.2) is 21.8 Å². The molecule has 1 aromatic carbocycles. The van der Waals surface area contributed by atoms with E-state index in [1.165, 1.54) is 30.7 Å². The van der Waals surface area contributed by atoms with Gasteiger partial charge in [-0.1, -0.05) is 0 Å². The zero-order valence-corrected chi connectivity index (χ0v) is 19.9. The first kappa shape index (κ1) is 24.8. The number of anilines is 1. The van der Waals surface area contributed by atoms with Crippen LogP contribution in [0.15, 0.2) is 29.3 Å². The second kappa shape index (κ2) is 10.5. The summed E-state index contributed by atoms with van der Waals surface area (Å²) in [5, 5.41) is 0. The maximum Gasteiger partial charge on any atom is 0.245 e. The number of halogens is 1. The van der Waals surface area contributed by atoms with Crippen molar-refractivity contribution in [2.45, 2.75) is 19.3 Å². The van der Waals surface area contributed by atoms with Crippen LogP contribution in [-0.2, 0) is 20.0 Å². The molecule has 1 aliphatic heterocycles. The van der Waals surface area contributed by atoms with Crippen LogP contribution in [0.5, 0.6) is 5.75 Å². The molecule has 2 N–H and O–H groups in total. The van der Waals surface area contributed by atoms with E-state index in [9.17, 15) is 16.8 Å². The van der Waals surface area contributed by atoms with Crippen molar-refractivity contribution in [3.05, 3.63) is 24.3 Å². The predicted octanol–water partition coefficient (Wildman–Crippen LogP) is 1.21. The van der Waals surface area contributed by atoms with Crippen LogP contribution in [0.25, 0.3) is 0 Å². The molecule has 0 bridgehead atoms. The van der Waals surface area contributed by atoms with Gasteiger partial charge < -0.3 is 15.4 Å². The van der Waals surface area contributed by atoms with E-state index in [1.807, 2.05) is 0 Å². The molecule has 2 rings (SSSR count). The van der Waals surface area contributed by atoms with Crippen molar-refractivity contribution in [1.82, 2.24) is 4.90 Å². The van der Waals surface area contributed by atoms with Gasteiger partial charge >= 0.3 is 0 Å². The van der Waals surface area contributed by atoms with Gasteiger partial charge in [-0.3, -0.25) is 0 Å². The van der Waals surface area contributed by atoms with E-state index in [1.54, 1.807) is 0 Å². The maximum atomic E-state index is 11.8. The standard InChI is InChI=1S/C16H26N4O5S2.HI/c1-26(21,22)20(27(2,23)24)14-6-8-15(9-7-14)25-13-10-18-16(17)19-11-4-3-5-12-19;/h6-9H,3-5,10-13H2,1-2H3,(H2,17,18);1H. The lowest BCUT2D eigenvalue weighted by atomic mass is 10.1. The first-order valence-electron chi connectivity index (χ1n) is 8.57. The summed E-state index contributed by atoms with van der Waals surface area (Å²) in [7, 11) is -7.92. The zero-order valence-electron chi connectivity index (χ0n) is 15.9. The average molecular weight is 546 g/mol. The number of nitrogens with two attached hydrogens (primary N) is 1. The highest BCUT2D eigenvalue weighted by molar-refractivity contribution is 14.0. The lowest BCUT2D eigenvalue weighted by Gasteiger charge is -2.27. The van der Waals surface area contributed by atoms with Gasteiger partial charge in [0.25, 0.3) is 0 Å². The smallest absolute Gasteiger partial charge is 0.245 e. The number of aliphatic imine (C=N–C) groups is 1. The van der Waals surface area contributed by atoms with Gasteiger partial charge in [0.15, 0.2) is 5.96 Å². The Hall–Kier alpha value is -1.28. The number of ether oxygens (including phenoxy) is 1. The molecule has 1 aromatic rings. The van der Waals surface area contributed by atoms with E-state index in [4.69, 9.17) is 10.5 Å². The minimum Gasteiger partial charge on any atom is -0.492 e. The summed E-state index contributed by atoms with van der Waals surface area (Å²) < 4.78 is 52.9. The molecule has 0 spiro atoms. The van der Waals surface area contributed by atoms with E-state index in [2.05, 4.69) is 9.89 Å². The van der Waals surface area contributed by atoms with Crippen molar-refractivity contribution in [2.75, 3.05) is 42.5 Å². The molecule has 0 saturated carbocycles. The molecule has 0 aliphatic carbocycles. The van der Waals surface area contributed by atoms with Gasteiger partial charge in [-0.2, -0.15) is 3.71 Å². The van der Waals surface area contributed by atoms with Crippen LogP contribution in [0, 0.1) is 0 Å². The lowest BCUT2D eigenvalue weighted by Crippen LogP contribution is -2.41. The molecule has 0 unspecified atom stereocenters. The largest absolute Gasteiger partial charge is 0.492 e. The van der Waals surface area contributed by atoms with Crippen molar-refractivity contribution in [3.8, 4) is 5.75 Å². The maximum absolute atomic E-state index is 11.8. The van der Waals surface area contributed by atoms with Gasteiger partial charge in [0, 0.05) is 13.1 Å². The number of likely N-dealkylation sites (tertiary alicyclic amines) is 1. The van der Waals surface area contributed by atoms with E-state index in [-0.39, 0.29) is 29.7 Å². The molecule has 28 heavy (non-hydrogen) atoms. The highest BCUT2D eigenvalue weighted by atomic mass is 127. The Morgan fingerprint density at radius 3 is 2.11 bits per heavy atom. The molecule has 1 aliphatic rings. The van der Waals surface area contributed by atoms with Crippen molar-refractivity contribution < 1.29 is 21.6 Å². The minimum absolute atomic E-state index is 0. The summed E-state index contributed by atoms with van der Waals surface area (Å²) in [4.78, 5) is 6.36. The number of guanidine groups is 1. The molecule has 1 heterocycles. The molecular weight excluding hydrogens is 519 g/mol. The lowest BCUT2D eigenvalue weighted by molar-refractivity contribution is 0.321. The van der Waals surface area contributed by atoms with Crippen molar-refractivity contribution in [3.63, 3.8) is 0 Å². The average Bonchev–Trinajstić information content (AvgIpc) is 2.58. The van der Waals surface area contributed by atoms with Gasteiger partial charge in [0.1, 0.15) is 12.4 Å². The monoisotopic (exact) mass is 546 g/mol. The summed E-state index contributed by atoms with van der Waals surface area (Å²) in [5.41, 5.74) is 5.99. The minimum atomic E-state index is -3.96. The number of hydrogen-bond acceptors (Lipinski definition) is 6. The highest BCUT2D eigenvalue weighted by Gasteiger charge is 2.27. The fourth-order valence-electron chi connectivity index (χ4n) is 2.84. The number of nitrogens with zero attached hydrogens (tertiary/aromatic N) is 3. The van der Waals surface area contributed by atoms with Crippen LogP contribution in [0.2, 0.25) is 0 Å². The molecule has 9 nitrogen and oxygen atoms in total. The third-order valence-electron chi connectivity index (χ3n) is 3.96. The third kappa shape index (κ3) is 7.28. The highest BCUT2D eigenvalue weighted by Crippen LogP contribution is 2.24. The predicted molar refractivity (Wildman–Crippen MR) is 121 cm³/mol. The summed E-state index contributed by atoms with van der Waals surface area (Å²) in [6.07, 6.45) is 5.14. The zero-order chi connectivity index (χ0) is 20.1. The SMILES string of the molecule is CS(=O)(=O)N(c1ccc(OCCN=C(N)N2CCCCC2)cc1)S(C)(=O)=O.I. The first-order valence-corrected chi connectivity index (χ1v) is 12.3. The number of benzene rings is 1. The Morgan fingerprint density at radius 2 is 1.61 bits per heavy atom. The second-order valence-electron chi connectivity index (χ2n) is 6.35. The van der Waals surface area contributed by atoms with Crippen LogP contribution in [0.1, 0.15) is 19.3 Å². The summed E-state index contributed by atoms with van der Waals surface area (Å²) in [6.45, 7) is 2.54. The van der Waals surface area contributed by atoms with Crippen molar-refractivity contribution in [2.24, 2.45) is 10.7 Å². The number of sulfonamides is 2. The number of rotatable bonds is 7. The Bertz CT molecular complexity index is 835. The van der Waals surface area contributed by atoms with Crippen LogP contribution >= 0.6 is 24.0 Å². The van der Waals surface area contributed by atoms with Crippen molar-refractivity contribution in [1.29, 1.82) is 0 Å². The summed E-state index contributed by atoms with van der Waals surface area (Å²) >= 11 is 0. The van der Waals surface area contributed by atoms with Gasteiger partial charge in [0.05, 0.1) is 24.7 Å². The topological polar surface area (TPSA) is 122 Å². The third-order valence-corrected chi connectivity index (χ3v) is 7.22. The Kier molecular flexibility index (Phi) is 9.27. The van der Waals surface area contributed by atoms with E-state index in [0.717, 1.165) is 38.4 Å². The molecule has 0 radical (unpaired) electrons. The molecule has 1 saturated heterocycles. The molecule has 1 fully saturated rings. The summed E-state index contributed by atoms with van der Waals surface area (Å²) in [5.74, 6) is 0.998.